The Balaban J connectivity index is 1.79. The van der Waals surface area contributed by atoms with Gasteiger partial charge in [-0.1, -0.05) is 18.2 Å². The Labute approximate surface area is 161 Å². The minimum absolute atomic E-state index is 0.0718. The Hall–Kier alpha value is -1.93. The van der Waals surface area contributed by atoms with E-state index in [2.05, 4.69) is 11.8 Å². The van der Waals surface area contributed by atoms with Crippen LogP contribution in [0.25, 0.3) is 0 Å². The number of rotatable bonds is 7. The quantitative estimate of drug-likeness (QED) is 0.575. The van der Waals surface area contributed by atoms with Crippen molar-refractivity contribution in [1.29, 1.82) is 0 Å². The van der Waals surface area contributed by atoms with Gasteiger partial charge in [-0.15, -0.1) is 0 Å². The molecule has 3 N–H and O–H groups in total. The minimum Gasteiger partial charge on any atom is -0.497 e. The molecule has 3 rings (SSSR count). The molecule has 0 saturated carbocycles. The van der Waals surface area contributed by atoms with E-state index < -0.39 is 10.0 Å². The lowest BCUT2D eigenvalue weighted by Crippen LogP contribution is -3.27. The van der Waals surface area contributed by atoms with Gasteiger partial charge in [0.1, 0.15) is 38.0 Å². The molecule has 0 unspecified atom stereocenters. The van der Waals surface area contributed by atoms with Gasteiger partial charge in [-0.2, -0.15) is 0 Å². The maximum Gasteiger partial charge on any atom is 0.240 e. The van der Waals surface area contributed by atoms with Crippen LogP contribution in [0.2, 0.25) is 0 Å². The smallest absolute Gasteiger partial charge is 0.240 e. The summed E-state index contributed by atoms with van der Waals surface area (Å²) < 4.78 is 33.4. The maximum absolute atomic E-state index is 12.7. The number of sulfonamides is 1. The summed E-state index contributed by atoms with van der Waals surface area (Å²) in [4.78, 5) is 3.25. The number of hydrogen-bond donors (Lipinski definition) is 3. The molecule has 1 atom stereocenters. The van der Waals surface area contributed by atoms with Crippen LogP contribution in [0.5, 0.6) is 5.75 Å². The molecule has 7 heteroatoms. The number of hydrogen-bond acceptors (Lipinski definition) is 3. The average Bonchev–Trinajstić information content (AvgIpc) is 2.70. The maximum atomic E-state index is 12.7. The molecular weight excluding hydrogens is 362 g/mol. The van der Waals surface area contributed by atoms with Gasteiger partial charge in [-0.25, -0.2) is 13.1 Å². The molecule has 0 amide bonds. The lowest BCUT2D eigenvalue weighted by Gasteiger charge is -2.33. The SMILES string of the molecule is COc1ccc([C@H](CNS(=O)(=O)c2ccccc2)[NH+]2CC[NH+](C)CC2)cc1. The second-order valence-corrected chi connectivity index (χ2v) is 8.87. The zero-order chi connectivity index (χ0) is 19.3. The fraction of sp³-hybridized carbons (Fsp3) is 0.400. The van der Waals surface area contributed by atoms with Crippen molar-refractivity contribution in [3.63, 3.8) is 0 Å². The standard InChI is InChI=1S/C20H27N3O3S/c1-22-12-14-23(15-13-22)20(17-8-10-18(26-2)11-9-17)16-21-27(24,25)19-6-4-3-5-7-19/h3-11,20-21H,12-16H2,1-2H3/p+2/t20-/m0/s1. The fourth-order valence-electron chi connectivity index (χ4n) is 3.56. The highest BCUT2D eigenvalue weighted by atomic mass is 32.2. The van der Waals surface area contributed by atoms with Gasteiger partial charge in [0.2, 0.25) is 10.0 Å². The van der Waals surface area contributed by atoms with Crippen LogP contribution in [-0.2, 0) is 10.0 Å². The lowest BCUT2D eigenvalue weighted by atomic mass is 10.0. The third-order valence-corrected chi connectivity index (χ3v) is 6.73. The Bertz CT molecular complexity index is 817. The molecule has 6 nitrogen and oxygen atoms in total. The number of nitrogens with one attached hydrogen (secondary N) is 3. The van der Waals surface area contributed by atoms with Crippen molar-refractivity contribution in [2.45, 2.75) is 10.9 Å². The largest absolute Gasteiger partial charge is 0.497 e. The fourth-order valence-corrected chi connectivity index (χ4v) is 4.62. The summed E-state index contributed by atoms with van der Waals surface area (Å²) in [6.45, 7) is 4.60. The first-order chi connectivity index (χ1) is 13.0. The number of methoxy groups -OCH3 is 1. The van der Waals surface area contributed by atoms with Crippen molar-refractivity contribution in [2.24, 2.45) is 0 Å². The predicted octanol–water partition coefficient (Wildman–Crippen LogP) is -0.872. The molecule has 0 bridgehead atoms. The van der Waals surface area contributed by atoms with Crippen molar-refractivity contribution >= 4 is 10.0 Å². The Kier molecular flexibility index (Phi) is 6.49. The Morgan fingerprint density at radius 3 is 2.22 bits per heavy atom. The molecule has 1 heterocycles. The number of benzene rings is 2. The molecule has 1 aliphatic rings. The van der Waals surface area contributed by atoms with Crippen LogP contribution in [0, 0.1) is 0 Å². The molecule has 146 valence electrons. The lowest BCUT2D eigenvalue weighted by molar-refractivity contribution is -1.02. The molecule has 0 spiro atoms. The van der Waals surface area contributed by atoms with E-state index >= 15 is 0 Å². The number of likely N-dealkylation sites (N-methyl/N-ethyl adjacent to an activating group) is 1. The molecule has 1 fully saturated rings. The summed E-state index contributed by atoms with van der Waals surface area (Å²) >= 11 is 0. The monoisotopic (exact) mass is 391 g/mol. The molecule has 2 aromatic carbocycles. The van der Waals surface area contributed by atoms with E-state index in [1.54, 1.807) is 31.4 Å². The van der Waals surface area contributed by atoms with Crippen molar-refractivity contribution in [1.82, 2.24) is 4.72 Å². The van der Waals surface area contributed by atoms with Crippen LogP contribution in [0.1, 0.15) is 11.6 Å². The summed E-state index contributed by atoms with van der Waals surface area (Å²) in [5, 5.41) is 0. The van der Waals surface area contributed by atoms with E-state index in [1.165, 1.54) is 9.80 Å². The zero-order valence-corrected chi connectivity index (χ0v) is 16.8. The topological polar surface area (TPSA) is 64.3 Å². The van der Waals surface area contributed by atoms with E-state index in [9.17, 15) is 8.42 Å². The zero-order valence-electron chi connectivity index (χ0n) is 15.9. The molecular formula is C20H29N3O3S+2. The van der Waals surface area contributed by atoms with Gasteiger partial charge in [0, 0.05) is 5.56 Å². The summed E-state index contributed by atoms with van der Waals surface area (Å²) in [5.41, 5.74) is 1.13. The first-order valence-corrected chi connectivity index (χ1v) is 10.8. The minimum atomic E-state index is -3.52. The summed E-state index contributed by atoms with van der Waals surface area (Å²) in [6, 6.07) is 16.6. The third kappa shape index (κ3) is 5.07. The van der Waals surface area contributed by atoms with Crippen LogP contribution < -0.4 is 19.3 Å². The molecule has 2 aromatic rings. The normalized spacial score (nSPS) is 21.6. The molecule has 0 radical (unpaired) electrons. The van der Waals surface area contributed by atoms with Gasteiger partial charge < -0.3 is 14.5 Å². The third-order valence-electron chi connectivity index (χ3n) is 5.29. The van der Waals surface area contributed by atoms with Crippen LogP contribution in [0.15, 0.2) is 59.5 Å². The highest BCUT2D eigenvalue weighted by molar-refractivity contribution is 7.89. The van der Waals surface area contributed by atoms with Gasteiger partial charge in [0.15, 0.2) is 0 Å². The summed E-state index contributed by atoms with van der Waals surface area (Å²) in [5.74, 6) is 0.806. The van der Waals surface area contributed by atoms with Gasteiger partial charge in [-0.05, 0) is 36.4 Å². The average molecular weight is 392 g/mol. The highest BCUT2D eigenvalue weighted by Crippen LogP contribution is 2.16. The van der Waals surface area contributed by atoms with Crippen LogP contribution in [-0.4, -0.2) is 55.3 Å². The molecule has 27 heavy (non-hydrogen) atoms. The molecule has 0 aliphatic carbocycles. The molecule has 1 saturated heterocycles. The van der Waals surface area contributed by atoms with Gasteiger partial charge in [-0.3, -0.25) is 0 Å². The van der Waals surface area contributed by atoms with Crippen LogP contribution >= 0.6 is 0 Å². The van der Waals surface area contributed by atoms with Gasteiger partial charge >= 0.3 is 0 Å². The van der Waals surface area contributed by atoms with E-state index in [0.717, 1.165) is 37.5 Å². The summed E-state index contributed by atoms with van der Waals surface area (Å²) in [7, 11) is 0.335. The predicted molar refractivity (Wildman–Crippen MR) is 105 cm³/mol. The summed E-state index contributed by atoms with van der Waals surface area (Å²) in [6.07, 6.45) is 0. The Morgan fingerprint density at radius 2 is 1.63 bits per heavy atom. The van der Waals surface area contributed by atoms with Crippen molar-refractivity contribution in [3.8, 4) is 5.75 Å². The van der Waals surface area contributed by atoms with Gasteiger partial charge in [0.05, 0.1) is 25.6 Å². The number of piperazine rings is 1. The first kappa shape index (κ1) is 19.8. The van der Waals surface area contributed by atoms with E-state index in [4.69, 9.17) is 4.74 Å². The van der Waals surface area contributed by atoms with Crippen molar-refractivity contribution in [3.05, 3.63) is 60.2 Å². The Morgan fingerprint density at radius 1 is 1.00 bits per heavy atom. The highest BCUT2D eigenvalue weighted by Gasteiger charge is 2.30. The van der Waals surface area contributed by atoms with Crippen molar-refractivity contribution in [2.75, 3.05) is 46.9 Å². The van der Waals surface area contributed by atoms with E-state index in [1.807, 2.05) is 30.3 Å². The van der Waals surface area contributed by atoms with Crippen LogP contribution in [0.4, 0.5) is 0 Å². The van der Waals surface area contributed by atoms with E-state index in [0.29, 0.717) is 11.4 Å². The number of quaternary nitrogens is 2. The second kappa shape index (κ2) is 8.84. The number of ether oxygens (including phenoxy) is 1. The molecule has 1 aliphatic heterocycles. The van der Waals surface area contributed by atoms with E-state index in [-0.39, 0.29) is 6.04 Å². The van der Waals surface area contributed by atoms with Crippen molar-refractivity contribution < 1.29 is 23.0 Å². The van der Waals surface area contributed by atoms with Gasteiger partial charge in [0.25, 0.3) is 0 Å². The second-order valence-electron chi connectivity index (χ2n) is 7.11. The van der Waals surface area contributed by atoms with Crippen LogP contribution in [0.3, 0.4) is 0 Å². The molecule has 0 aromatic heterocycles. The first-order valence-electron chi connectivity index (χ1n) is 9.34.